The van der Waals surface area contributed by atoms with E-state index in [4.69, 9.17) is 14.7 Å². The fourth-order valence-electron chi connectivity index (χ4n) is 7.13. The molecule has 0 unspecified atom stereocenters. The number of methoxy groups -OCH3 is 1. The van der Waals surface area contributed by atoms with Crippen LogP contribution in [0.25, 0.3) is 6.08 Å². The second-order valence-electron chi connectivity index (χ2n) is 11.0. The van der Waals surface area contributed by atoms with Gasteiger partial charge in [-0.25, -0.2) is 0 Å². The molecule has 1 amide bonds. The first-order valence-corrected chi connectivity index (χ1v) is 14.3. The molecule has 216 valence electrons. The molecule has 3 aliphatic rings. The highest BCUT2D eigenvalue weighted by Crippen LogP contribution is 2.62. The molecule has 4 atom stereocenters. The van der Waals surface area contributed by atoms with Gasteiger partial charge < -0.3 is 19.7 Å². The number of ether oxygens (including phenoxy) is 2. The zero-order valence-electron chi connectivity index (χ0n) is 23.8. The Balaban J connectivity index is 1.48. The van der Waals surface area contributed by atoms with Gasteiger partial charge in [0.2, 0.25) is 5.91 Å². The Morgan fingerprint density at radius 3 is 2.48 bits per heavy atom. The molecule has 4 aromatic carbocycles. The molecule has 8 heteroatoms. The molecule has 0 aliphatic carbocycles. The monoisotopic (exact) mass is 581 g/mol. The smallest absolute Gasteiger partial charge is 0.238 e. The van der Waals surface area contributed by atoms with Gasteiger partial charge in [0, 0.05) is 23.0 Å². The van der Waals surface area contributed by atoms with Gasteiger partial charge in [0.15, 0.2) is 18.2 Å². The average Bonchev–Trinajstić information content (AvgIpc) is 3.55. The van der Waals surface area contributed by atoms with E-state index in [1.165, 1.54) is 7.11 Å². The van der Waals surface area contributed by atoms with Crippen LogP contribution < -0.4 is 14.8 Å². The fraction of sp³-hybridized carbons (Fsp3) is 0.167. The van der Waals surface area contributed by atoms with Crippen LogP contribution >= 0.6 is 0 Å². The summed E-state index contributed by atoms with van der Waals surface area (Å²) in [4.78, 5) is 46.1. The fourth-order valence-corrected chi connectivity index (χ4v) is 7.13. The van der Waals surface area contributed by atoms with E-state index >= 15 is 0 Å². The SMILES string of the molecule is COc1cccc(C(=O)[C@H]2[C@H](C(=O)c3ccc(OCC#N)cc3)[C@]3(C(=O)Nc4ccccc43)[C@H]3c4ccccc4C=CN23)c1. The zero-order chi connectivity index (χ0) is 30.4. The maximum absolute atomic E-state index is 14.9. The highest BCUT2D eigenvalue weighted by atomic mass is 16.5. The van der Waals surface area contributed by atoms with Crippen molar-refractivity contribution in [1.82, 2.24) is 4.90 Å². The molecular weight excluding hydrogens is 554 g/mol. The number of benzene rings is 4. The number of nitrogens with one attached hydrogen (secondary N) is 1. The summed E-state index contributed by atoms with van der Waals surface area (Å²) in [5.41, 5.74) is 2.36. The number of carbonyl (C=O) groups is 3. The van der Waals surface area contributed by atoms with E-state index in [-0.39, 0.29) is 24.1 Å². The number of hydrogen-bond acceptors (Lipinski definition) is 7. The molecule has 0 saturated carbocycles. The molecule has 1 spiro atoms. The van der Waals surface area contributed by atoms with Crippen LogP contribution in [-0.2, 0) is 10.2 Å². The number of ketones is 2. The summed E-state index contributed by atoms with van der Waals surface area (Å²) in [6, 6.07) is 28.8. The van der Waals surface area contributed by atoms with Crippen LogP contribution in [0.3, 0.4) is 0 Å². The van der Waals surface area contributed by atoms with E-state index in [1.54, 1.807) is 48.5 Å². The molecule has 0 radical (unpaired) electrons. The van der Waals surface area contributed by atoms with Crippen LogP contribution in [-0.4, -0.2) is 42.1 Å². The molecule has 7 rings (SSSR count). The van der Waals surface area contributed by atoms with Gasteiger partial charge in [-0.3, -0.25) is 14.4 Å². The van der Waals surface area contributed by atoms with Crippen molar-refractivity contribution < 1.29 is 23.9 Å². The number of anilines is 1. The lowest BCUT2D eigenvalue weighted by Crippen LogP contribution is -2.49. The number of rotatable bonds is 7. The standard InChI is InChI=1S/C36H27N3O5/c1-43-26-9-6-8-24(21-26)33(41)31-30(32(40)23-13-15-25(16-14-23)44-20-18-37)36(28-11-4-5-12-29(28)38-35(36)42)34-27-10-3-2-7-22(27)17-19-39(31)34/h2-17,19,21,30-31,34H,20H2,1H3,(H,38,42)/t30-,31-,34-,36+/m1/s1. The van der Waals surface area contributed by atoms with E-state index in [1.807, 2.05) is 71.8 Å². The lowest BCUT2D eigenvalue weighted by Gasteiger charge is -2.38. The highest BCUT2D eigenvalue weighted by molar-refractivity contribution is 6.16. The predicted molar refractivity (Wildman–Crippen MR) is 163 cm³/mol. The van der Waals surface area contributed by atoms with Crippen LogP contribution in [0.4, 0.5) is 5.69 Å². The van der Waals surface area contributed by atoms with Crippen molar-refractivity contribution in [3.05, 3.63) is 131 Å². The van der Waals surface area contributed by atoms with Gasteiger partial charge in [-0.15, -0.1) is 0 Å². The number of amides is 1. The molecule has 1 saturated heterocycles. The van der Waals surface area contributed by atoms with Crippen LogP contribution in [0.15, 0.2) is 103 Å². The van der Waals surface area contributed by atoms with Crippen molar-refractivity contribution in [2.45, 2.75) is 17.5 Å². The summed E-state index contributed by atoms with van der Waals surface area (Å²) in [6.07, 6.45) is 3.77. The predicted octanol–water partition coefficient (Wildman–Crippen LogP) is 5.58. The lowest BCUT2D eigenvalue weighted by atomic mass is 9.62. The number of fused-ring (bicyclic) bond motifs is 6. The van der Waals surface area contributed by atoms with E-state index < -0.39 is 23.4 Å². The highest BCUT2D eigenvalue weighted by Gasteiger charge is 2.70. The van der Waals surface area contributed by atoms with Gasteiger partial charge in [-0.05, 0) is 65.2 Å². The maximum atomic E-state index is 14.9. The molecule has 3 heterocycles. The lowest BCUT2D eigenvalue weighted by molar-refractivity contribution is -0.122. The van der Waals surface area contributed by atoms with Gasteiger partial charge in [-0.1, -0.05) is 54.6 Å². The average molecular weight is 582 g/mol. The first-order valence-electron chi connectivity index (χ1n) is 14.3. The van der Waals surface area contributed by atoms with Crippen LogP contribution in [0.5, 0.6) is 11.5 Å². The van der Waals surface area contributed by atoms with E-state index in [0.29, 0.717) is 33.9 Å². The number of nitriles is 1. The van der Waals surface area contributed by atoms with Crippen molar-refractivity contribution in [3.8, 4) is 17.6 Å². The minimum atomic E-state index is -1.43. The largest absolute Gasteiger partial charge is 0.497 e. The third kappa shape index (κ3) is 3.93. The van der Waals surface area contributed by atoms with Gasteiger partial charge in [0.05, 0.1) is 19.1 Å². The maximum Gasteiger partial charge on any atom is 0.238 e. The van der Waals surface area contributed by atoms with Crippen molar-refractivity contribution in [3.63, 3.8) is 0 Å². The van der Waals surface area contributed by atoms with Crippen LogP contribution in [0.2, 0.25) is 0 Å². The second kappa shape index (κ2) is 10.5. The summed E-state index contributed by atoms with van der Waals surface area (Å²) < 4.78 is 10.8. The number of hydrogen-bond donors (Lipinski definition) is 1. The Kier molecular flexibility index (Phi) is 6.51. The summed E-state index contributed by atoms with van der Waals surface area (Å²) >= 11 is 0. The van der Waals surface area contributed by atoms with Gasteiger partial charge in [-0.2, -0.15) is 5.26 Å². The van der Waals surface area contributed by atoms with Crippen LogP contribution in [0.1, 0.15) is 43.4 Å². The first kappa shape index (κ1) is 27.2. The third-order valence-electron chi connectivity index (χ3n) is 8.92. The quantitative estimate of drug-likeness (QED) is 0.284. The second-order valence-corrected chi connectivity index (χ2v) is 11.0. The molecule has 0 aromatic heterocycles. The molecule has 1 fully saturated rings. The summed E-state index contributed by atoms with van der Waals surface area (Å²) in [5.74, 6) is -1.11. The number of Topliss-reactive ketones (excluding diaryl/α,β-unsaturated/α-hetero) is 2. The Bertz CT molecular complexity index is 1890. The molecule has 8 nitrogen and oxygen atoms in total. The van der Waals surface area contributed by atoms with Crippen LogP contribution in [0, 0.1) is 17.2 Å². The number of carbonyl (C=O) groups excluding carboxylic acids is 3. The van der Waals surface area contributed by atoms with E-state index in [9.17, 15) is 14.4 Å². The minimum absolute atomic E-state index is 0.129. The van der Waals surface area contributed by atoms with Gasteiger partial charge in [0.25, 0.3) is 0 Å². The van der Waals surface area contributed by atoms with E-state index in [0.717, 1.165) is 11.1 Å². The Morgan fingerprint density at radius 1 is 0.909 bits per heavy atom. The van der Waals surface area contributed by atoms with Crippen molar-refractivity contribution in [2.75, 3.05) is 19.0 Å². The Labute approximate surface area is 254 Å². The Hall–Kier alpha value is -5.68. The molecule has 4 aromatic rings. The molecule has 1 N–H and O–H groups in total. The molecule has 44 heavy (non-hydrogen) atoms. The normalized spacial score (nSPS) is 22.4. The minimum Gasteiger partial charge on any atom is -0.497 e. The van der Waals surface area contributed by atoms with Crippen molar-refractivity contribution in [2.24, 2.45) is 5.92 Å². The molecular formula is C36H27N3O5. The first-order chi connectivity index (χ1) is 21.5. The van der Waals surface area contributed by atoms with Gasteiger partial charge >= 0.3 is 0 Å². The number of para-hydroxylation sites is 1. The topological polar surface area (TPSA) is 109 Å². The van der Waals surface area contributed by atoms with Crippen molar-refractivity contribution >= 4 is 29.2 Å². The summed E-state index contributed by atoms with van der Waals surface area (Å²) in [5, 5.41) is 12.0. The summed E-state index contributed by atoms with van der Waals surface area (Å²) in [7, 11) is 1.53. The zero-order valence-corrected chi connectivity index (χ0v) is 23.8. The molecule has 3 aliphatic heterocycles. The summed E-state index contributed by atoms with van der Waals surface area (Å²) in [6.45, 7) is -0.129. The third-order valence-corrected chi connectivity index (χ3v) is 8.92. The molecule has 0 bridgehead atoms. The number of nitrogens with zero attached hydrogens (tertiary/aromatic N) is 2. The van der Waals surface area contributed by atoms with E-state index in [2.05, 4.69) is 5.32 Å². The van der Waals surface area contributed by atoms with Gasteiger partial charge in [0.1, 0.15) is 29.0 Å². The Morgan fingerprint density at radius 2 is 1.68 bits per heavy atom. The van der Waals surface area contributed by atoms with Crippen molar-refractivity contribution in [1.29, 1.82) is 5.26 Å².